The van der Waals surface area contributed by atoms with Crippen molar-refractivity contribution in [2.24, 2.45) is 0 Å². The summed E-state index contributed by atoms with van der Waals surface area (Å²) in [5.41, 5.74) is 2.03. The van der Waals surface area contributed by atoms with E-state index >= 15 is 0 Å². The number of amides is 1. The van der Waals surface area contributed by atoms with Crippen LogP contribution in [0.15, 0.2) is 41.4 Å². The van der Waals surface area contributed by atoms with Gasteiger partial charge in [-0.1, -0.05) is 6.07 Å². The maximum atomic E-state index is 12.8. The molecule has 0 unspecified atom stereocenters. The molecule has 2 fully saturated rings. The lowest BCUT2D eigenvalue weighted by atomic mass is 10.1. The van der Waals surface area contributed by atoms with Crippen LogP contribution in [-0.2, 0) is 10.0 Å². The zero-order valence-corrected chi connectivity index (χ0v) is 17.9. The van der Waals surface area contributed by atoms with Crippen molar-refractivity contribution in [1.29, 1.82) is 0 Å². The van der Waals surface area contributed by atoms with E-state index in [-0.39, 0.29) is 16.5 Å². The maximum Gasteiger partial charge on any atom is 0.272 e. The smallest absolute Gasteiger partial charge is 0.272 e. The van der Waals surface area contributed by atoms with E-state index in [0.29, 0.717) is 18.8 Å². The molecule has 1 aromatic carbocycles. The Hall–Kier alpha value is -1.97. The Bertz CT molecular complexity index is 962. The van der Waals surface area contributed by atoms with Gasteiger partial charge in [0.05, 0.1) is 0 Å². The summed E-state index contributed by atoms with van der Waals surface area (Å²) < 4.78 is 27.0. The van der Waals surface area contributed by atoms with Crippen molar-refractivity contribution < 1.29 is 13.2 Å². The highest BCUT2D eigenvalue weighted by Gasteiger charge is 2.27. The number of aromatic nitrogens is 1. The van der Waals surface area contributed by atoms with E-state index in [1.54, 1.807) is 11.8 Å². The third-order valence-corrected chi connectivity index (χ3v) is 8.15. The van der Waals surface area contributed by atoms with Crippen LogP contribution in [0.1, 0.15) is 29.8 Å². The number of carbonyl (C=O) groups excluding carboxylic acids is 1. The van der Waals surface area contributed by atoms with Crippen molar-refractivity contribution in [3.63, 3.8) is 0 Å². The topological polar surface area (TPSA) is 85.5 Å². The van der Waals surface area contributed by atoms with Crippen LogP contribution in [0, 0.1) is 0 Å². The van der Waals surface area contributed by atoms with Gasteiger partial charge in [0, 0.05) is 55.3 Å². The van der Waals surface area contributed by atoms with Gasteiger partial charge in [-0.2, -0.15) is 16.1 Å². The largest absolute Gasteiger partial charge is 0.371 e. The fourth-order valence-electron chi connectivity index (χ4n) is 3.72. The van der Waals surface area contributed by atoms with Gasteiger partial charge < -0.3 is 15.2 Å². The Labute approximate surface area is 175 Å². The molecule has 2 aliphatic rings. The number of hydrogen-bond donors (Lipinski definition) is 2. The van der Waals surface area contributed by atoms with Crippen LogP contribution in [0.5, 0.6) is 0 Å². The predicted molar refractivity (Wildman–Crippen MR) is 117 cm³/mol. The number of thioether (sulfide) groups is 1. The first-order valence-corrected chi connectivity index (χ1v) is 12.6. The minimum absolute atomic E-state index is 0.136. The molecule has 2 N–H and O–H groups in total. The molecule has 2 saturated heterocycles. The summed E-state index contributed by atoms with van der Waals surface area (Å²) in [6.45, 7) is 3.07. The van der Waals surface area contributed by atoms with Crippen LogP contribution in [0.3, 0.4) is 0 Å². The summed E-state index contributed by atoms with van der Waals surface area (Å²) in [6, 6.07) is 9.21. The second kappa shape index (κ2) is 8.81. The maximum absolute atomic E-state index is 12.8. The number of H-pyrrole nitrogens is 1. The Kier molecular flexibility index (Phi) is 6.17. The van der Waals surface area contributed by atoms with E-state index in [2.05, 4.69) is 21.3 Å². The molecule has 7 nitrogen and oxygen atoms in total. The standard InChI is InChI=1S/C20H26N4O3S2/c25-20(22-16-5-4-6-17(13-16)23-7-2-1-3-8-23)19-14-18(15-21-19)29(26,27)24-9-11-28-12-10-24/h4-6,13-15,21H,1-3,7-12H2,(H,22,25). The quantitative estimate of drug-likeness (QED) is 0.756. The molecule has 4 rings (SSSR count). The fourth-order valence-corrected chi connectivity index (χ4v) is 6.29. The lowest BCUT2D eigenvalue weighted by Crippen LogP contribution is -2.37. The first-order chi connectivity index (χ1) is 14.0. The van der Waals surface area contributed by atoms with Crippen LogP contribution >= 0.6 is 11.8 Å². The lowest BCUT2D eigenvalue weighted by molar-refractivity contribution is 0.102. The highest BCUT2D eigenvalue weighted by atomic mass is 32.2. The SMILES string of the molecule is O=C(Nc1cccc(N2CCCCC2)c1)c1cc(S(=O)(=O)N2CCSCC2)c[nH]1. The van der Waals surface area contributed by atoms with Crippen molar-refractivity contribution in [2.45, 2.75) is 24.2 Å². The van der Waals surface area contributed by atoms with Gasteiger partial charge in [0.2, 0.25) is 10.0 Å². The zero-order chi connectivity index (χ0) is 20.3. The molecule has 0 aliphatic carbocycles. The average Bonchev–Trinajstić information content (AvgIpc) is 3.27. The van der Waals surface area contributed by atoms with Gasteiger partial charge in [-0.3, -0.25) is 4.79 Å². The van der Waals surface area contributed by atoms with E-state index in [9.17, 15) is 13.2 Å². The van der Waals surface area contributed by atoms with Crippen LogP contribution in [0.2, 0.25) is 0 Å². The van der Waals surface area contributed by atoms with E-state index in [1.807, 2.05) is 18.2 Å². The summed E-state index contributed by atoms with van der Waals surface area (Å²) in [4.78, 5) is 17.9. The number of piperidine rings is 1. The average molecular weight is 435 g/mol. The number of anilines is 2. The number of nitrogens with one attached hydrogen (secondary N) is 2. The molecule has 156 valence electrons. The number of carbonyl (C=O) groups is 1. The van der Waals surface area contributed by atoms with Crippen molar-refractivity contribution >= 4 is 39.1 Å². The summed E-state index contributed by atoms with van der Waals surface area (Å²) in [5, 5.41) is 2.87. The van der Waals surface area contributed by atoms with Crippen LogP contribution in [0.25, 0.3) is 0 Å². The van der Waals surface area contributed by atoms with Crippen LogP contribution in [-0.4, -0.2) is 61.3 Å². The third kappa shape index (κ3) is 4.62. The number of aromatic amines is 1. The van der Waals surface area contributed by atoms with Crippen molar-refractivity contribution in [1.82, 2.24) is 9.29 Å². The third-order valence-electron chi connectivity index (χ3n) is 5.33. The van der Waals surface area contributed by atoms with Crippen molar-refractivity contribution in [2.75, 3.05) is 47.9 Å². The van der Waals surface area contributed by atoms with Crippen LogP contribution in [0.4, 0.5) is 11.4 Å². The number of nitrogens with zero attached hydrogens (tertiary/aromatic N) is 2. The minimum Gasteiger partial charge on any atom is -0.371 e. The molecule has 3 heterocycles. The summed E-state index contributed by atoms with van der Waals surface area (Å²) >= 11 is 1.75. The fraction of sp³-hybridized carbons (Fsp3) is 0.450. The summed E-state index contributed by atoms with van der Waals surface area (Å²) in [5.74, 6) is 1.24. The first kappa shape index (κ1) is 20.3. The molecule has 0 atom stereocenters. The first-order valence-electron chi connectivity index (χ1n) is 9.97. The highest BCUT2D eigenvalue weighted by Crippen LogP contribution is 2.24. The Morgan fingerprint density at radius 1 is 1.03 bits per heavy atom. The molecule has 0 saturated carbocycles. The predicted octanol–water partition coefficient (Wildman–Crippen LogP) is 2.99. The molecule has 2 aromatic rings. The van der Waals surface area contributed by atoms with Gasteiger partial charge in [0.1, 0.15) is 10.6 Å². The molecule has 1 aromatic heterocycles. The number of rotatable bonds is 5. The lowest BCUT2D eigenvalue weighted by Gasteiger charge is -2.29. The van der Waals surface area contributed by atoms with E-state index < -0.39 is 10.0 Å². The van der Waals surface area contributed by atoms with E-state index in [1.165, 1.54) is 35.8 Å². The van der Waals surface area contributed by atoms with E-state index in [0.717, 1.165) is 30.3 Å². The summed E-state index contributed by atoms with van der Waals surface area (Å²) in [7, 11) is -3.57. The Morgan fingerprint density at radius 3 is 2.55 bits per heavy atom. The van der Waals surface area contributed by atoms with Gasteiger partial charge in [0.25, 0.3) is 5.91 Å². The molecule has 1 amide bonds. The number of sulfonamides is 1. The monoisotopic (exact) mass is 434 g/mol. The second-order valence-corrected chi connectivity index (χ2v) is 10.5. The second-order valence-electron chi connectivity index (χ2n) is 7.32. The molecule has 0 radical (unpaired) electrons. The molecule has 29 heavy (non-hydrogen) atoms. The zero-order valence-electron chi connectivity index (χ0n) is 16.3. The minimum atomic E-state index is -3.57. The molecule has 0 spiro atoms. The van der Waals surface area contributed by atoms with Gasteiger partial charge in [-0.25, -0.2) is 8.42 Å². The number of hydrogen-bond acceptors (Lipinski definition) is 5. The van der Waals surface area contributed by atoms with Gasteiger partial charge in [0.15, 0.2) is 0 Å². The number of benzene rings is 1. The Morgan fingerprint density at radius 2 is 1.79 bits per heavy atom. The van der Waals surface area contributed by atoms with Crippen molar-refractivity contribution in [3.8, 4) is 0 Å². The summed E-state index contributed by atoms with van der Waals surface area (Å²) in [6.07, 6.45) is 5.04. The molecule has 2 aliphatic heterocycles. The van der Waals surface area contributed by atoms with Gasteiger partial charge in [-0.15, -0.1) is 0 Å². The van der Waals surface area contributed by atoms with Gasteiger partial charge >= 0.3 is 0 Å². The normalized spacial score (nSPS) is 18.6. The molecule has 0 bridgehead atoms. The van der Waals surface area contributed by atoms with Crippen molar-refractivity contribution in [3.05, 3.63) is 42.2 Å². The molecular formula is C20H26N4O3S2. The van der Waals surface area contributed by atoms with E-state index in [4.69, 9.17) is 0 Å². The molecular weight excluding hydrogens is 408 g/mol. The highest BCUT2D eigenvalue weighted by molar-refractivity contribution is 7.99. The molecule has 9 heteroatoms. The van der Waals surface area contributed by atoms with Crippen LogP contribution < -0.4 is 10.2 Å². The Balaban J connectivity index is 1.45. The van der Waals surface area contributed by atoms with Gasteiger partial charge in [-0.05, 0) is 43.5 Å².